The highest BCUT2D eigenvalue weighted by atomic mass is 16.7. The zero-order valence-corrected chi connectivity index (χ0v) is 6.93. The molecule has 0 aliphatic rings. The van der Waals surface area contributed by atoms with Crippen LogP contribution in [0.5, 0.6) is 11.9 Å². The molecule has 1 aromatic rings. The molecule has 0 saturated heterocycles. The van der Waals surface area contributed by atoms with Crippen LogP contribution in [0.3, 0.4) is 0 Å². The van der Waals surface area contributed by atoms with Gasteiger partial charge in [-0.1, -0.05) is 0 Å². The van der Waals surface area contributed by atoms with Gasteiger partial charge in [-0.25, -0.2) is 9.78 Å². The Morgan fingerprint density at radius 3 is 3.08 bits per heavy atom. The molecule has 0 aliphatic carbocycles. The van der Waals surface area contributed by atoms with Crippen molar-refractivity contribution in [3.8, 4) is 11.9 Å². The number of rotatable bonds is 3. The fourth-order valence-corrected chi connectivity index (χ4v) is 0.670. The summed E-state index contributed by atoms with van der Waals surface area (Å²) in [4.78, 5) is 17.5. The van der Waals surface area contributed by atoms with Crippen molar-refractivity contribution in [1.82, 2.24) is 9.97 Å². The molecule has 1 rings (SSSR count). The number of carbonyl (C=O) groups is 1. The Hall–Kier alpha value is -1.85. The van der Waals surface area contributed by atoms with E-state index in [2.05, 4.69) is 14.7 Å². The standard InChI is InChI=1S/C7H8N2O4/c1-2-12-6-8-4-3-5(9-6)13-7(10)11/h3-4H,2H2,1H3,(H,10,11). The molecule has 0 saturated carbocycles. The summed E-state index contributed by atoms with van der Waals surface area (Å²) in [6, 6.07) is 1.43. The fourth-order valence-electron chi connectivity index (χ4n) is 0.670. The van der Waals surface area contributed by atoms with Gasteiger partial charge in [-0.15, -0.1) is 0 Å². The van der Waals surface area contributed by atoms with Gasteiger partial charge < -0.3 is 14.6 Å². The third-order valence-electron chi connectivity index (χ3n) is 1.07. The third kappa shape index (κ3) is 2.94. The van der Waals surface area contributed by atoms with Crippen LogP contribution < -0.4 is 9.47 Å². The number of carboxylic acid groups (broad SMARTS) is 1. The van der Waals surface area contributed by atoms with Crippen LogP contribution in [-0.4, -0.2) is 27.8 Å². The fraction of sp³-hybridized carbons (Fsp3) is 0.286. The highest BCUT2D eigenvalue weighted by molar-refractivity contribution is 5.60. The summed E-state index contributed by atoms with van der Waals surface area (Å²) in [6.45, 7) is 2.19. The van der Waals surface area contributed by atoms with Gasteiger partial charge in [0.15, 0.2) is 0 Å². The van der Waals surface area contributed by atoms with Crippen LogP contribution in [0.15, 0.2) is 12.3 Å². The van der Waals surface area contributed by atoms with Gasteiger partial charge in [-0.2, -0.15) is 4.98 Å². The number of ether oxygens (including phenoxy) is 2. The minimum atomic E-state index is -1.42. The average Bonchev–Trinajstić information content (AvgIpc) is 2.04. The second-order valence-electron chi connectivity index (χ2n) is 1.98. The Morgan fingerprint density at radius 1 is 1.69 bits per heavy atom. The van der Waals surface area contributed by atoms with Gasteiger partial charge in [0, 0.05) is 12.3 Å². The SMILES string of the molecule is CCOc1nccc(OC(=O)O)n1. The molecule has 1 heterocycles. The number of aromatic nitrogens is 2. The normalized spacial score (nSPS) is 9.31. The summed E-state index contributed by atoms with van der Waals surface area (Å²) in [5.41, 5.74) is 0. The number of hydrogen-bond acceptors (Lipinski definition) is 5. The summed E-state index contributed by atoms with van der Waals surface area (Å²) in [5.74, 6) is -0.0500. The lowest BCUT2D eigenvalue weighted by molar-refractivity contribution is 0.142. The predicted octanol–water partition coefficient (Wildman–Crippen LogP) is 0.932. The summed E-state index contributed by atoms with van der Waals surface area (Å²) < 4.78 is 9.22. The summed E-state index contributed by atoms with van der Waals surface area (Å²) in [5, 5.41) is 8.26. The maximum Gasteiger partial charge on any atom is 0.512 e. The van der Waals surface area contributed by atoms with Gasteiger partial charge in [0.1, 0.15) is 0 Å². The minimum absolute atomic E-state index is 0.0500. The Morgan fingerprint density at radius 2 is 2.46 bits per heavy atom. The first-order valence-corrected chi connectivity index (χ1v) is 3.59. The monoisotopic (exact) mass is 184 g/mol. The van der Waals surface area contributed by atoms with Crippen molar-refractivity contribution in [2.75, 3.05) is 6.61 Å². The van der Waals surface area contributed by atoms with Crippen LogP contribution in [0.25, 0.3) is 0 Å². The van der Waals surface area contributed by atoms with E-state index in [4.69, 9.17) is 9.84 Å². The van der Waals surface area contributed by atoms with Crippen molar-refractivity contribution in [3.05, 3.63) is 12.3 Å². The van der Waals surface area contributed by atoms with Gasteiger partial charge in [-0.05, 0) is 6.92 Å². The number of hydrogen-bond donors (Lipinski definition) is 1. The van der Waals surface area contributed by atoms with E-state index in [1.54, 1.807) is 6.92 Å². The molecule has 6 heteroatoms. The van der Waals surface area contributed by atoms with Crippen LogP contribution in [0.1, 0.15) is 6.92 Å². The maximum atomic E-state index is 10.1. The van der Waals surface area contributed by atoms with Crippen LogP contribution in [0.4, 0.5) is 4.79 Å². The lowest BCUT2D eigenvalue weighted by Gasteiger charge is -2.01. The van der Waals surface area contributed by atoms with E-state index in [0.29, 0.717) is 6.61 Å². The summed E-state index contributed by atoms with van der Waals surface area (Å²) in [6.07, 6.45) is -0.0582. The molecule has 13 heavy (non-hydrogen) atoms. The van der Waals surface area contributed by atoms with Gasteiger partial charge in [0.25, 0.3) is 0 Å². The molecule has 70 valence electrons. The van der Waals surface area contributed by atoms with Crippen molar-refractivity contribution in [2.24, 2.45) is 0 Å². The average molecular weight is 184 g/mol. The first kappa shape index (κ1) is 9.24. The Balaban J connectivity index is 2.73. The summed E-state index contributed by atoms with van der Waals surface area (Å²) >= 11 is 0. The second kappa shape index (κ2) is 4.24. The quantitative estimate of drug-likeness (QED) is 0.703. The van der Waals surface area contributed by atoms with Crippen molar-refractivity contribution in [2.45, 2.75) is 6.92 Å². The molecule has 0 fully saturated rings. The highest BCUT2D eigenvalue weighted by Gasteiger charge is 2.04. The second-order valence-corrected chi connectivity index (χ2v) is 1.98. The van der Waals surface area contributed by atoms with Crippen LogP contribution in [-0.2, 0) is 0 Å². The van der Waals surface area contributed by atoms with E-state index in [1.807, 2.05) is 0 Å². The first-order valence-electron chi connectivity index (χ1n) is 3.59. The molecule has 0 aliphatic heterocycles. The van der Waals surface area contributed by atoms with Crippen LogP contribution in [0, 0.1) is 0 Å². The zero-order valence-electron chi connectivity index (χ0n) is 6.93. The molecular formula is C7H8N2O4. The molecule has 0 amide bonds. The van der Waals surface area contributed by atoms with Gasteiger partial charge in [0.2, 0.25) is 5.88 Å². The largest absolute Gasteiger partial charge is 0.512 e. The molecule has 0 bridgehead atoms. The maximum absolute atomic E-state index is 10.1. The van der Waals surface area contributed by atoms with E-state index in [-0.39, 0.29) is 11.9 Å². The third-order valence-corrected chi connectivity index (χ3v) is 1.07. The predicted molar refractivity (Wildman–Crippen MR) is 41.9 cm³/mol. The Bertz CT molecular complexity index is 302. The molecule has 0 aromatic carbocycles. The number of nitrogens with zero attached hydrogens (tertiary/aromatic N) is 2. The molecule has 6 nitrogen and oxygen atoms in total. The first-order chi connectivity index (χ1) is 6.22. The summed E-state index contributed by atoms with van der Waals surface area (Å²) in [7, 11) is 0. The van der Waals surface area contributed by atoms with Crippen molar-refractivity contribution < 1.29 is 19.4 Å². The smallest absolute Gasteiger partial charge is 0.464 e. The zero-order chi connectivity index (χ0) is 9.68. The van der Waals surface area contributed by atoms with E-state index in [9.17, 15) is 4.79 Å². The minimum Gasteiger partial charge on any atom is -0.464 e. The van der Waals surface area contributed by atoms with Crippen molar-refractivity contribution >= 4 is 6.16 Å². The van der Waals surface area contributed by atoms with Gasteiger partial charge in [0.05, 0.1) is 6.61 Å². The lowest BCUT2D eigenvalue weighted by Crippen LogP contribution is -2.06. The molecule has 0 atom stereocenters. The van der Waals surface area contributed by atoms with Crippen LogP contribution in [0.2, 0.25) is 0 Å². The molecule has 0 radical (unpaired) electrons. The Labute approximate surface area is 74.1 Å². The van der Waals surface area contributed by atoms with E-state index in [0.717, 1.165) is 0 Å². The topological polar surface area (TPSA) is 81.5 Å². The molecular weight excluding hydrogens is 176 g/mol. The van der Waals surface area contributed by atoms with Gasteiger partial charge in [-0.3, -0.25) is 0 Å². The van der Waals surface area contributed by atoms with Crippen molar-refractivity contribution in [3.63, 3.8) is 0 Å². The van der Waals surface area contributed by atoms with E-state index >= 15 is 0 Å². The molecule has 0 unspecified atom stereocenters. The lowest BCUT2D eigenvalue weighted by atomic mass is 10.6. The Kier molecular flexibility index (Phi) is 3.02. The molecule has 1 aromatic heterocycles. The van der Waals surface area contributed by atoms with E-state index < -0.39 is 6.16 Å². The molecule has 0 spiro atoms. The van der Waals surface area contributed by atoms with Crippen LogP contribution >= 0.6 is 0 Å². The van der Waals surface area contributed by atoms with Gasteiger partial charge >= 0.3 is 12.2 Å². The highest BCUT2D eigenvalue weighted by Crippen LogP contribution is 2.09. The van der Waals surface area contributed by atoms with Crippen molar-refractivity contribution in [1.29, 1.82) is 0 Å². The molecule has 1 N–H and O–H groups in total. The van der Waals surface area contributed by atoms with E-state index in [1.165, 1.54) is 12.3 Å².